The summed E-state index contributed by atoms with van der Waals surface area (Å²) in [5.74, 6) is 1.34. The first-order valence-corrected chi connectivity index (χ1v) is 5.82. The van der Waals surface area contributed by atoms with Crippen molar-refractivity contribution in [2.75, 3.05) is 13.6 Å². The van der Waals surface area contributed by atoms with Crippen molar-refractivity contribution in [3.8, 4) is 5.88 Å². The number of fused-ring (bicyclic) bond motifs is 1. The van der Waals surface area contributed by atoms with Gasteiger partial charge >= 0.3 is 0 Å². The van der Waals surface area contributed by atoms with Crippen LogP contribution in [0.3, 0.4) is 0 Å². The SMILES string of the molecule is CNCC1CC(Oc2ncnc3nc[nH]c23)C1. The number of hydrogen-bond acceptors (Lipinski definition) is 5. The lowest BCUT2D eigenvalue weighted by molar-refractivity contribution is 0.0629. The van der Waals surface area contributed by atoms with Crippen LogP contribution in [0.5, 0.6) is 5.88 Å². The fraction of sp³-hybridized carbons (Fsp3) is 0.545. The van der Waals surface area contributed by atoms with E-state index in [4.69, 9.17) is 4.74 Å². The van der Waals surface area contributed by atoms with E-state index in [1.165, 1.54) is 6.33 Å². The lowest BCUT2D eigenvalue weighted by Gasteiger charge is -2.34. The van der Waals surface area contributed by atoms with Gasteiger partial charge in [0.1, 0.15) is 17.9 Å². The summed E-state index contributed by atoms with van der Waals surface area (Å²) < 4.78 is 5.85. The average molecular weight is 233 g/mol. The van der Waals surface area contributed by atoms with Crippen LogP contribution in [0.15, 0.2) is 12.7 Å². The van der Waals surface area contributed by atoms with E-state index in [2.05, 4.69) is 25.3 Å². The molecule has 1 saturated carbocycles. The van der Waals surface area contributed by atoms with Gasteiger partial charge in [-0.25, -0.2) is 9.97 Å². The zero-order valence-corrected chi connectivity index (χ0v) is 9.68. The number of ether oxygens (including phenoxy) is 1. The second-order valence-electron chi connectivity index (χ2n) is 4.41. The van der Waals surface area contributed by atoms with Gasteiger partial charge in [0.25, 0.3) is 0 Å². The number of nitrogens with zero attached hydrogens (tertiary/aromatic N) is 3. The van der Waals surface area contributed by atoms with Crippen molar-refractivity contribution in [3.05, 3.63) is 12.7 Å². The molecule has 2 N–H and O–H groups in total. The fourth-order valence-electron chi connectivity index (χ4n) is 2.22. The third-order valence-electron chi connectivity index (χ3n) is 3.15. The Hall–Kier alpha value is -1.69. The highest BCUT2D eigenvalue weighted by Gasteiger charge is 2.31. The van der Waals surface area contributed by atoms with Crippen molar-refractivity contribution in [1.82, 2.24) is 25.3 Å². The molecule has 1 aliphatic rings. The standard InChI is InChI=1S/C11H15N5O/c1-12-4-7-2-8(3-7)17-11-9-10(14-5-13-9)15-6-16-11/h5-8,12H,2-4H2,1H3,(H,13,14,15,16). The number of nitrogens with one attached hydrogen (secondary N) is 2. The summed E-state index contributed by atoms with van der Waals surface area (Å²) >= 11 is 0. The Morgan fingerprint density at radius 2 is 2.29 bits per heavy atom. The Labute approximate surface area is 98.8 Å². The molecule has 0 bridgehead atoms. The van der Waals surface area contributed by atoms with Crippen molar-refractivity contribution in [2.24, 2.45) is 5.92 Å². The second-order valence-corrected chi connectivity index (χ2v) is 4.41. The first-order valence-electron chi connectivity index (χ1n) is 5.82. The second kappa shape index (κ2) is 4.29. The Morgan fingerprint density at radius 1 is 1.41 bits per heavy atom. The molecule has 0 spiro atoms. The molecule has 90 valence electrons. The Kier molecular flexibility index (Phi) is 2.64. The quantitative estimate of drug-likeness (QED) is 0.814. The van der Waals surface area contributed by atoms with Crippen LogP contribution in [0.25, 0.3) is 11.2 Å². The fourth-order valence-corrected chi connectivity index (χ4v) is 2.22. The van der Waals surface area contributed by atoms with E-state index in [0.717, 1.165) is 30.8 Å². The van der Waals surface area contributed by atoms with E-state index in [1.54, 1.807) is 6.33 Å². The molecule has 6 nitrogen and oxygen atoms in total. The molecular weight excluding hydrogens is 218 g/mol. The molecule has 1 fully saturated rings. The summed E-state index contributed by atoms with van der Waals surface area (Å²) in [6, 6.07) is 0. The molecule has 0 aliphatic heterocycles. The van der Waals surface area contributed by atoms with Crippen LogP contribution >= 0.6 is 0 Å². The maximum absolute atomic E-state index is 5.85. The number of imidazole rings is 1. The smallest absolute Gasteiger partial charge is 0.243 e. The third-order valence-corrected chi connectivity index (χ3v) is 3.15. The van der Waals surface area contributed by atoms with Crippen molar-refractivity contribution >= 4 is 11.2 Å². The predicted octanol–water partition coefficient (Wildman–Crippen LogP) is 0.730. The highest BCUT2D eigenvalue weighted by Crippen LogP contribution is 2.31. The predicted molar refractivity (Wildman–Crippen MR) is 62.8 cm³/mol. The van der Waals surface area contributed by atoms with Gasteiger partial charge < -0.3 is 15.0 Å². The molecule has 0 unspecified atom stereocenters. The zero-order valence-electron chi connectivity index (χ0n) is 9.68. The van der Waals surface area contributed by atoms with E-state index in [-0.39, 0.29) is 6.10 Å². The van der Waals surface area contributed by atoms with Gasteiger partial charge in [0, 0.05) is 0 Å². The molecule has 0 saturated heterocycles. The molecule has 0 amide bonds. The Morgan fingerprint density at radius 3 is 3.12 bits per heavy atom. The largest absolute Gasteiger partial charge is 0.473 e. The molecular formula is C11H15N5O. The van der Waals surface area contributed by atoms with Gasteiger partial charge in [-0.2, -0.15) is 4.98 Å². The van der Waals surface area contributed by atoms with Crippen molar-refractivity contribution in [2.45, 2.75) is 18.9 Å². The number of hydrogen-bond donors (Lipinski definition) is 2. The summed E-state index contributed by atoms with van der Waals surface area (Å²) in [4.78, 5) is 15.3. The lowest BCUT2D eigenvalue weighted by Crippen LogP contribution is -2.38. The average Bonchev–Trinajstić information content (AvgIpc) is 2.75. The Bertz CT molecular complexity index is 505. The molecule has 0 radical (unpaired) electrons. The minimum Gasteiger partial charge on any atom is -0.473 e. The van der Waals surface area contributed by atoms with Crippen LogP contribution in [-0.4, -0.2) is 39.6 Å². The molecule has 2 aromatic rings. The van der Waals surface area contributed by atoms with E-state index in [9.17, 15) is 0 Å². The van der Waals surface area contributed by atoms with Crippen LogP contribution < -0.4 is 10.1 Å². The van der Waals surface area contributed by atoms with Gasteiger partial charge in [-0.05, 0) is 32.4 Å². The van der Waals surface area contributed by atoms with Crippen LogP contribution in [0.1, 0.15) is 12.8 Å². The normalized spacial score (nSPS) is 23.6. The van der Waals surface area contributed by atoms with Crippen molar-refractivity contribution < 1.29 is 4.74 Å². The van der Waals surface area contributed by atoms with Crippen LogP contribution in [0.2, 0.25) is 0 Å². The summed E-state index contributed by atoms with van der Waals surface area (Å²) in [6.07, 6.45) is 5.54. The van der Waals surface area contributed by atoms with Crippen molar-refractivity contribution in [1.29, 1.82) is 0 Å². The molecule has 0 aromatic carbocycles. The Balaban J connectivity index is 1.68. The van der Waals surface area contributed by atoms with Crippen molar-refractivity contribution in [3.63, 3.8) is 0 Å². The third kappa shape index (κ3) is 1.95. The summed E-state index contributed by atoms with van der Waals surface area (Å²) in [5, 5.41) is 3.18. The van der Waals surface area contributed by atoms with Gasteiger partial charge in [-0.1, -0.05) is 0 Å². The first-order chi connectivity index (χ1) is 8.36. The molecule has 3 rings (SSSR count). The first kappa shape index (κ1) is 10.5. The highest BCUT2D eigenvalue weighted by atomic mass is 16.5. The molecule has 6 heteroatoms. The number of rotatable bonds is 4. The van der Waals surface area contributed by atoms with E-state index >= 15 is 0 Å². The van der Waals surface area contributed by atoms with Gasteiger partial charge in [-0.3, -0.25) is 0 Å². The minimum absolute atomic E-state index is 0.273. The van der Waals surface area contributed by atoms with Gasteiger partial charge in [0.2, 0.25) is 5.88 Å². The summed E-state index contributed by atoms with van der Waals surface area (Å²) in [7, 11) is 1.98. The molecule has 2 heterocycles. The van der Waals surface area contributed by atoms with Crippen LogP contribution in [0.4, 0.5) is 0 Å². The number of H-pyrrole nitrogens is 1. The van der Waals surface area contributed by atoms with Gasteiger partial charge in [0.15, 0.2) is 5.65 Å². The topological polar surface area (TPSA) is 75.7 Å². The zero-order chi connectivity index (χ0) is 11.7. The van der Waals surface area contributed by atoms with E-state index in [1.807, 2.05) is 7.05 Å². The van der Waals surface area contributed by atoms with E-state index in [0.29, 0.717) is 11.5 Å². The van der Waals surface area contributed by atoms with Gasteiger partial charge in [0.05, 0.1) is 6.33 Å². The molecule has 0 atom stereocenters. The van der Waals surface area contributed by atoms with Crippen LogP contribution in [-0.2, 0) is 0 Å². The molecule has 2 aromatic heterocycles. The van der Waals surface area contributed by atoms with E-state index < -0.39 is 0 Å². The van der Waals surface area contributed by atoms with Crippen LogP contribution in [0, 0.1) is 5.92 Å². The molecule has 17 heavy (non-hydrogen) atoms. The summed E-state index contributed by atoms with van der Waals surface area (Å²) in [6.45, 7) is 1.06. The highest BCUT2D eigenvalue weighted by molar-refractivity contribution is 5.74. The number of aromatic amines is 1. The monoisotopic (exact) mass is 233 g/mol. The number of aromatic nitrogens is 4. The maximum Gasteiger partial charge on any atom is 0.243 e. The lowest BCUT2D eigenvalue weighted by atomic mass is 9.82. The molecule has 1 aliphatic carbocycles. The minimum atomic E-state index is 0.273. The maximum atomic E-state index is 5.85. The summed E-state index contributed by atoms with van der Waals surface area (Å²) in [5.41, 5.74) is 1.44. The van der Waals surface area contributed by atoms with Gasteiger partial charge in [-0.15, -0.1) is 0 Å².